The number of allylic oxidation sites excluding steroid dienone is 4. The van der Waals surface area contributed by atoms with Crippen molar-refractivity contribution >= 4 is 17.2 Å². The van der Waals surface area contributed by atoms with Gasteiger partial charge in [-0.15, -0.1) is 0 Å². The van der Waals surface area contributed by atoms with E-state index in [4.69, 9.17) is 4.74 Å². The molecule has 96 valence electrons. The average molecular weight is 253 g/mol. The number of carbonyl (C=O) groups excluding carboxylic acids is 1. The predicted octanol–water partition coefficient (Wildman–Crippen LogP) is 2.91. The summed E-state index contributed by atoms with van der Waals surface area (Å²) in [6, 6.07) is 7.92. The van der Waals surface area contributed by atoms with Crippen molar-refractivity contribution in [1.82, 2.24) is 0 Å². The summed E-state index contributed by atoms with van der Waals surface area (Å²) in [7, 11) is 3.46. The summed E-state index contributed by atoms with van der Waals surface area (Å²) >= 11 is 0. The van der Waals surface area contributed by atoms with Gasteiger partial charge in [-0.3, -0.25) is 0 Å². The van der Waals surface area contributed by atoms with Gasteiger partial charge in [-0.25, -0.2) is 4.79 Å². The van der Waals surface area contributed by atoms with Crippen LogP contribution in [0.3, 0.4) is 0 Å². The molecular weight excluding hydrogens is 238 g/mol. The maximum absolute atomic E-state index is 12.1. The average Bonchev–Trinajstić information content (AvgIpc) is 2.47. The largest absolute Gasteiger partial charge is 0.465 e. The second-order valence-electron chi connectivity index (χ2n) is 4.61. The standard InChI is InChI=1S/C16H15NO2/c1-17-13-9-5-3-7-11(13)15(16(18)19-2)12-8-4-6-10-14(12)17/h3-7,9-10H,8H2,1-2H3. The predicted molar refractivity (Wildman–Crippen MR) is 75.6 cm³/mol. The molecule has 3 nitrogen and oxygen atoms in total. The van der Waals surface area contributed by atoms with Gasteiger partial charge in [0.15, 0.2) is 0 Å². The monoisotopic (exact) mass is 253 g/mol. The third-order valence-corrected chi connectivity index (χ3v) is 3.61. The maximum atomic E-state index is 12.1. The zero-order valence-electron chi connectivity index (χ0n) is 11.0. The van der Waals surface area contributed by atoms with Crippen molar-refractivity contribution in [1.29, 1.82) is 0 Å². The summed E-state index contributed by atoms with van der Waals surface area (Å²) in [6.07, 6.45) is 6.88. The lowest BCUT2D eigenvalue weighted by Gasteiger charge is -2.34. The van der Waals surface area contributed by atoms with Gasteiger partial charge in [0, 0.05) is 24.0 Å². The molecule has 1 aromatic rings. The fourth-order valence-corrected chi connectivity index (χ4v) is 2.70. The molecule has 0 amide bonds. The third-order valence-electron chi connectivity index (χ3n) is 3.61. The van der Waals surface area contributed by atoms with Crippen LogP contribution in [-0.2, 0) is 9.53 Å². The van der Waals surface area contributed by atoms with Crippen molar-refractivity contribution in [3.63, 3.8) is 0 Å². The Morgan fingerprint density at radius 2 is 2.11 bits per heavy atom. The number of fused-ring (bicyclic) bond motifs is 2. The Hall–Kier alpha value is -2.29. The van der Waals surface area contributed by atoms with E-state index >= 15 is 0 Å². The van der Waals surface area contributed by atoms with Gasteiger partial charge < -0.3 is 9.64 Å². The van der Waals surface area contributed by atoms with Crippen molar-refractivity contribution in [2.24, 2.45) is 0 Å². The minimum absolute atomic E-state index is 0.267. The van der Waals surface area contributed by atoms with Crippen LogP contribution in [0.4, 0.5) is 5.69 Å². The molecule has 0 unspecified atom stereocenters. The van der Waals surface area contributed by atoms with Gasteiger partial charge >= 0.3 is 5.97 Å². The maximum Gasteiger partial charge on any atom is 0.338 e. The number of ether oxygens (including phenoxy) is 1. The number of hydrogen-bond donors (Lipinski definition) is 0. The minimum atomic E-state index is -0.267. The first-order valence-corrected chi connectivity index (χ1v) is 6.26. The number of anilines is 1. The lowest BCUT2D eigenvalue weighted by molar-refractivity contribution is -0.133. The van der Waals surface area contributed by atoms with Crippen molar-refractivity contribution < 1.29 is 9.53 Å². The number of para-hydroxylation sites is 1. The van der Waals surface area contributed by atoms with Gasteiger partial charge in [-0.05, 0) is 24.1 Å². The van der Waals surface area contributed by atoms with Crippen LogP contribution in [0, 0.1) is 0 Å². The zero-order chi connectivity index (χ0) is 13.4. The third kappa shape index (κ3) is 1.70. The molecular formula is C16H15NO2. The normalized spacial score (nSPS) is 16.7. The highest BCUT2D eigenvalue weighted by atomic mass is 16.5. The van der Waals surface area contributed by atoms with E-state index in [1.165, 1.54) is 7.11 Å². The first-order chi connectivity index (χ1) is 9.24. The summed E-state index contributed by atoms with van der Waals surface area (Å²) in [5.74, 6) is -0.267. The first kappa shape index (κ1) is 11.8. The quantitative estimate of drug-likeness (QED) is 0.721. The van der Waals surface area contributed by atoms with Crippen molar-refractivity contribution in [3.05, 3.63) is 59.3 Å². The Morgan fingerprint density at radius 1 is 1.32 bits per heavy atom. The molecule has 0 bridgehead atoms. The second-order valence-corrected chi connectivity index (χ2v) is 4.61. The van der Waals surface area contributed by atoms with Crippen LogP contribution >= 0.6 is 0 Å². The van der Waals surface area contributed by atoms with Crippen LogP contribution < -0.4 is 4.90 Å². The first-order valence-electron chi connectivity index (χ1n) is 6.26. The van der Waals surface area contributed by atoms with Gasteiger partial charge in [0.05, 0.1) is 12.7 Å². The topological polar surface area (TPSA) is 29.5 Å². The number of carbonyl (C=O) groups is 1. The highest BCUT2D eigenvalue weighted by molar-refractivity contribution is 6.21. The second kappa shape index (κ2) is 4.43. The van der Waals surface area contributed by atoms with E-state index in [2.05, 4.69) is 11.0 Å². The summed E-state index contributed by atoms with van der Waals surface area (Å²) in [6.45, 7) is 0. The molecule has 3 heteroatoms. The van der Waals surface area contributed by atoms with Gasteiger partial charge in [0.1, 0.15) is 0 Å². The Labute approximate surface area is 112 Å². The molecule has 0 atom stereocenters. The molecule has 3 rings (SSSR count). The van der Waals surface area contributed by atoms with Crippen molar-refractivity contribution in [2.45, 2.75) is 6.42 Å². The van der Waals surface area contributed by atoms with E-state index < -0.39 is 0 Å². The Kier molecular flexibility index (Phi) is 2.75. The highest BCUT2D eigenvalue weighted by Crippen LogP contribution is 2.42. The number of methoxy groups -OCH3 is 1. The molecule has 0 saturated heterocycles. The zero-order valence-corrected chi connectivity index (χ0v) is 11.0. The number of nitrogens with zero attached hydrogens (tertiary/aromatic N) is 1. The van der Waals surface area contributed by atoms with Crippen LogP contribution in [0.1, 0.15) is 12.0 Å². The Bertz CT molecular complexity index is 638. The van der Waals surface area contributed by atoms with Gasteiger partial charge in [0.25, 0.3) is 0 Å². The smallest absolute Gasteiger partial charge is 0.338 e. The molecule has 2 aliphatic rings. The van der Waals surface area contributed by atoms with Gasteiger partial charge in [-0.1, -0.05) is 30.4 Å². The van der Waals surface area contributed by atoms with E-state index in [9.17, 15) is 4.79 Å². The summed E-state index contributed by atoms with van der Waals surface area (Å²) in [5.41, 5.74) is 4.77. The fraction of sp³-hybridized carbons (Fsp3) is 0.188. The van der Waals surface area contributed by atoms with Crippen molar-refractivity contribution in [3.8, 4) is 0 Å². The van der Waals surface area contributed by atoms with Crippen LogP contribution in [0.5, 0.6) is 0 Å². The lowest BCUT2D eigenvalue weighted by atomic mass is 9.87. The van der Waals surface area contributed by atoms with Crippen LogP contribution in [0.25, 0.3) is 5.57 Å². The Balaban J connectivity index is 2.30. The number of rotatable bonds is 1. The van der Waals surface area contributed by atoms with Gasteiger partial charge in [0.2, 0.25) is 0 Å². The molecule has 1 heterocycles. The van der Waals surface area contributed by atoms with E-state index in [-0.39, 0.29) is 5.97 Å². The minimum Gasteiger partial charge on any atom is -0.465 e. The molecule has 0 radical (unpaired) electrons. The van der Waals surface area contributed by atoms with Crippen LogP contribution in [-0.4, -0.2) is 20.1 Å². The van der Waals surface area contributed by atoms with E-state index in [0.717, 1.165) is 28.9 Å². The summed E-state index contributed by atoms with van der Waals surface area (Å²) in [4.78, 5) is 14.3. The molecule has 1 aliphatic carbocycles. The molecule has 1 aliphatic heterocycles. The van der Waals surface area contributed by atoms with Crippen molar-refractivity contribution in [2.75, 3.05) is 19.1 Å². The SMILES string of the molecule is COC(=O)C1=C2CC=CC=C2N(C)c2ccccc21. The molecule has 0 N–H and O–H groups in total. The lowest BCUT2D eigenvalue weighted by Crippen LogP contribution is -2.27. The molecule has 0 saturated carbocycles. The molecule has 0 spiro atoms. The summed E-state index contributed by atoms with van der Waals surface area (Å²) < 4.78 is 4.96. The van der Waals surface area contributed by atoms with E-state index in [1.54, 1.807) is 0 Å². The molecule has 19 heavy (non-hydrogen) atoms. The van der Waals surface area contributed by atoms with Crippen LogP contribution in [0.15, 0.2) is 53.8 Å². The molecule has 1 aromatic carbocycles. The summed E-state index contributed by atoms with van der Waals surface area (Å²) in [5, 5.41) is 0. The van der Waals surface area contributed by atoms with Gasteiger partial charge in [-0.2, -0.15) is 0 Å². The number of likely N-dealkylation sites (N-methyl/N-ethyl adjacent to an activating group) is 1. The molecule has 0 fully saturated rings. The number of esters is 1. The number of benzene rings is 1. The Morgan fingerprint density at radius 3 is 2.89 bits per heavy atom. The molecule has 0 aromatic heterocycles. The fourth-order valence-electron chi connectivity index (χ4n) is 2.70. The number of hydrogen-bond acceptors (Lipinski definition) is 3. The van der Waals surface area contributed by atoms with E-state index in [0.29, 0.717) is 5.57 Å². The van der Waals surface area contributed by atoms with Crippen LogP contribution in [0.2, 0.25) is 0 Å². The van der Waals surface area contributed by atoms with E-state index in [1.807, 2.05) is 43.5 Å². The highest BCUT2D eigenvalue weighted by Gasteiger charge is 2.30.